The summed E-state index contributed by atoms with van der Waals surface area (Å²) in [5.74, 6) is 0. The number of piperidine rings is 1. The van der Waals surface area contributed by atoms with Crippen LogP contribution in [0.2, 0.25) is 0 Å². The molecule has 2 nitrogen and oxygen atoms in total. The Hall–Kier alpha value is -1.33. The molecule has 1 heterocycles. The maximum Gasteiger partial charge on any atom is 0.0849 e. The fourth-order valence-electron chi connectivity index (χ4n) is 2.65. The maximum atomic E-state index is 9.51. The van der Waals surface area contributed by atoms with Gasteiger partial charge < -0.3 is 5.32 Å². The van der Waals surface area contributed by atoms with Crippen LogP contribution in [0, 0.1) is 25.2 Å². The Morgan fingerprint density at radius 3 is 2.50 bits per heavy atom. The lowest BCUT2D eigenvalue weighted by Gasteiger charge is -2.33. The van der Waals surface area contributed by atoms with Crippen molar-refractivity contribution in [2.45, 2.75) is 32.1 Å². The Labute approximate surface area is 97.3 Å². The largest absolute Gasteiger partial charge is 0.317 e. The van der Waals surface area contributed by atoms with Crippen molar-refractivity contribution in [3.63, 3.8) is 0 Å². The van der Waals surface area contributed by atoms with Crippen molar-refractivity contribution in [3.8, 4) is 6.07 Å². The van der Waals surface area contributed by atoms with Crippen LogP contribution in [-0.2, 0) is 5.41 Å². The molecule has 0 spiro atoms. The van der Waals surface area contributed by atoms with Crippen LogP contribution in [0.4, 0.5) is 0 Å². The van der Waals surface area contributed by atoms with Crippen LogP contribution in [0.15, 0.2) is 18.2 Å². The number of hydrogen-bond acceptors (Lipinski definition) is 2. The summed E-state index contributed by atoms with van der Waals surface area (Å²) in [7, 11) is 0. The van der Waals surface area contributed by atoms with Crippen LogP contribution in [0.25, 0.3) is 0 Å². The van der Waals surface area contributed by atoms with E-state index in [9.17, 15) is 5.26 Å². The monoisotopic (exact) mass is 214 g/mol. The van der Waals surface area contributed by atoms with Crippen LogP contribution in [0.1, 0.15) is 29.5 Å². The first-order valence-electron chi connectivity index (χ1n) is 5.88. The molecule has 1 aliphatic heterocycles. The average molecular weight is 214 g/mol. The lowest BCUT2D eigenvalue weighted by Crippen LogP contribution is -2.39. The van der Waals surface area contributed by atoms with Crippen LogP contribution in [0.5, 0.6) is 0 Å². The second-order valence-corrected chi connectivity index (χ2v) is 4.76. The van der Waals surface area contributed by atoms with E-state index >= 15 is 0 Å². The standard InChI is InChI=1S/C14H18N2/c1-11-3-4-13(12(2)9-11)14(10-15)5-7-16-8-6-14/h3-4,9,16H,5-8H2,1-2H3. The van der Waals surface area contributed by atoms with Crippen molar-refractivity contribution in [1.29, 1.82) is 5.26 Å². The Bertz CT molecular complexity index is 423. The van der Waals surface area contributed by atoms with Gasteiger partial charge in [-0.3, -0.25) is 0 Å². The topological polar surface area (TPSA) is 35.8 Å². The summed E-state index contributed by atoms with van der Waals surface area (Å²) in [6, 6.07) is 8.98. The summed E-state index contributed by atoms with van der Waals surface area (Å²) in [5.41, 5.74) is 3.48. The zero-order chi connectivity index (χ0) is 11.6. The second kappa shape index (κ2) is 4.27. The predicted octanol–water partition coefficient (Wildman–Crippen LogP) is 2.45. The molecule has 1 aromatic rings. The van der Waals surface area contributed by atoms with Crippen LogP contribution >= 0.6 is 0 Å². The van der Waals surface area contributed by atoms with Crippen LogP contribution in [-0.4, -0.2) is 13.1 Å². The maximum absolute atomic E-state index is 9.51. The fraction of sp³-hybridized carbons (Fsp3) is 0.500. The van der Waals surface area contributed by atoms with Gasteiger partial charge in [-0.15, -0.1) is 0 Å². The van der Waals surface area contributed by atoms with Crippen molar-refractivity contribution in [2.24, 2.45) is 0 Å². The van der Waals surface area contributed by atoms with E-state index in [4.69, 9.17) is 0 Å². The lowest BCUT2D eigenvalue weighted by atomic mass is 9.73. The van der Waals surface area contributed by atoms with E-state index in [1.54, 1.807) is 0 Å². The molecule has 1 fully saturated rings. The van der Waals surface area contributed by atoms with Gasteiger partial charge in [0.1, 0.15) is 0 Å². The molecule has 0 amide bonds. The Balaban J connectivity index is 2.44. The first kappa shape index (κ1) is 11.2. The molecule has 1 N–H and O–H groups in total. The number of nitrogens with one attached hydrogen (secondary N) is 1. The van der Waals surface area contributed by atoms with Gasteiger partial charge in [0.25, 0.3) is 0 Å². The predicted molar refractivity (Wildman–Crippen MR) is 65.3 cm³/mol. The van der Waals surface area contributed by atoms with Crippen molar-refractivity contribution in [2.75, 3.05) is 13.1 Å². The smallest absolute Gasteiger partial charge is 0.0849 e. The lowest BCUT2D eigenvalue weighted by molar-refractivity contribution is 0.381. The molecule has 2 heteroatoms. The second-order valence-electron chi connectivity index (χ2n) is 4.76. The number of nitrogens with zero attached hydrogens (tertiary/aromatic N) is 1. The van der Waals surface area contributed by atoms with E-state index in [0.717, 1.165) is 25.9 Å². The summed E-state index contributed by atoms with van der Waals surface area (Å²) in [6.07, 6.45) is 1.85. The van der Waals surface area contributed by atoms with Gasteiger partial charge in [-0.1, -0.05) is 23.8 Å². The summed E-state index contributed by atoms with van der Waals surface area (Å²) in [6.45, 7) is 6.10. The minimum Gasteiger partial charge on any atom is -0.317 e. The molecule has 1 saturated heterocycles. The number of hydrogen-bond donors (Lipinski definition) is 1. The van der Waals surface area contributed by atoms with Gasteiger partial charge in [-0.2, -0.15) is 5.26 Å². The Morgan fingerprint density at radius 2 is 1.94 bits per heavy atom. The summed E-state index contributed by atoms with van der Waals surface area (Å²) < 4.78 is 0. The third-order valence-corrected chi connectivity index (χ3v) is 3.57. The number of benzene rings is 1. The van der Waals surface area contributed by atoms with Crippen molar-refractivity contribution < 1.29 is 0 Å². The molecule has 2 rings (SSSR count). The Morgan fingerprint density at radius 1 is 1.25 bits per heavy atom. The molecule has 16 heavy (non-hydrogen) atoms. The molecule has 84 valence electrons. The van der Waals surface area contributed by atoms with Gasteiger partial charge in [0.15, 0.2) is 0 Å². The van der Waals surface area contributed by atoms with Gasteiger partial charge in [-0.25, -0.2) is 0 Å². The molecule has 0 atom stereocenters. The summed E-state index contributed by atoms with van der Waals surface area (Å²) in [5, 5.41) is 12.8. The van der Waals surface area contributed by atoms with Gasteiger partial charge in [0.2, 0.25) is 0 Å². The highest BCUT2D eigenvalue weighted by molar-refractivity contribution is 5.41. The van der Waals surface area contributed by atoms with Crippen molar-refractivity contribution in [3.05, 3.63) is 34.9 Å². The zero-order valence-electron chi connectivity index (χ0n) is 10.0. The highest BCUT2D eigenvalue weighted by atomic mass is 14.9. The molecule has 0 saturated carbocycles. The first-order valence-corrected chi connectivity index (χ1v) is 5.88. The average Bonchev–Trinajstić information content (AvgIpc) is 2.30. The molecule has 0 aromatic heterocycles. The van der Waals surface area contributed by atoms with E-state index < -0.39 is 0 Å². The number of aryl methyl sites for hydroxylation is 2. The molecular weight excluding hydrogens is 196 g/mol. The Kier molecular flexibility index (Phi) is 2.98. The molecule has 1 aliphatic rings. The van der Waals surface area contributed by atoms with Gasteiger partial charge in [0.05, 0.1) is 11.5 Å². The number of rotatable bonds is 1. The van der Waals surface area contributed by atoms with Crippen molar-refractivity contribution >= 4 is 0 Å². The SMILES string of the molecule is Cc1ccc(C2(C#N)CCNCC2)c(C)c1. The normalized spacial score (nSPS) is 19.1. The molecule has 0 radical (unpaired) electrons. The van der Waals surface area contributed by atoms with Crippen molar-refractivity contribution in [1.82, 2.24) is 5.32 Å². The molecule has 0 aliphatic carbocycles. The number of nitriles is 1. The molecule has 0 unspecified atom stereocenters. The third-order valence-electron chi connectivity index (χ3n) is 3.57. The highest BCUT2D eigenvalue weighted by Gasteiger charge is 2.34. The highest BCUT2D eigenvalue weighted by Crippen LogP contribution is 2.34. The zero-order valence-corrected chi connectivity index (χ0v) is 10.0. The van der Waals surface area contributed by atoms with Crippen LogP contribution < -0.4 is 5.32 Å². The van der Waals surface area contributed by atoms with Gasteiger partial charge >= 0.3 is 0 Å². The molecule has 1 aromatic carbocycles. The van der Waals surface area contributed by atoms with Crippen LogP contribution in [0.3, 0.4) is 0 Å². The van der Waals surface area contributed by atoms with Gasteiger partial charge in [-0.05, 0) is 50.9 Å². The summed E-state index contributed by atoms with van der Waals surface area (Å²) in [4.78, 5) is 0. The van der Waals surface area contributed by atoms with E-state index in [-0.39, 0.29) is 5.41 Å². The fourth-order valence-corrected chi connectivity index (χ4v) is 2.65. The molecular formula is C14H18N2. The van der Waals surface area contributed by atoms with Gasteiger partial charge in [0, 0.05) is 0 Å². The van der Waals surface area contributed by atoms with E-state index in [1.807, 2.05) is 0 Å². The minimum atomic E-state index is -0.261. The molecule has 0 bridgehead atoms. The van der Waals surface area contributed by atoms with E-state index in [2.05, 4.69) is 43.4 Å². The minimum absolute atomic E-state index is 0.261. The quantitative estimate of drug-likeness (QED) is 0.779. The first-order chi connectivity index (χ1) is 7.68. The summed E-state index contributed by atoms with van der Waals surface area (Å²) >= 11 is 0. The van der Waals surface area contributed by atoms with E-state index in [1.165, 1.54) is 16.7 Å². The third kappa shape index (κ3) is 1.83. The van der Waals surface area contributed by atoms with E-state index in [0.29, 0.717) is 0 Å².